The van der Waals surface area contributed by atoms with Crippen molar-refractivity contribution in [3.8, 4) is 0 Å². The van der Waals surface area contributed by atoms with Crippen molar-refractivity contribution in [2.75, 3.05) is 20.1 Å². The topological polar surface area (TPSA) is 32.3 Å². The average molecular weight is 182 g/mol. The fourth-order valence-corrected chi connectivity index (χ4v) is 1.66. The van der Waals surface area contributed by atoms with Crippen LogP contribution in [0.5, 0.6) is 0 Å². The molecule has 0 aromatic heterocycles. The largest absolute Gasteiger partial charge is 0.344 e. The van der Waals surface area contributed by atoms with Crippen molar-refractivity contribution >= 4 is 5.91 Å². The molecule has 1 aliphatic heterocycles. The smallest absolute Gasteiger partial charge is 0.222 e. The predicted molar refractivity (Wildman–Crippen MR) is 51.4 cm³/mol. The first-order valence-electron chi connectivity index (χ1n) is 5.23. The molecular formula is C10H18N2O. The van der Waals surface area contributed by atoms with Crippen molar-refractivity contribution in [2.45, 2.75) is 31.7 Å². The first kappa shape index (κ1) is 9.00. The Labute approximate surface area is 79.5 Å². The van der Waals surface area contributed by atoms with Crippen LogP contribution in [0.15, 0.2) is 0 Å². The van der Waals surface area contributed by atoms with Gasteiger partial charge in [-0.25, -0.2) is 0 Å². The van der Waals surface area contributed by atoms with E-state index < -0.39 is 0 Å². The van der Waals surface area contributed by atoms with Crippen LogP contribution in [0.4, 0.5) is 0 Å². The van der Waals surface area contributed by atoms with E-state index in [0.29, 0.717) is 17.9 Å². The van der Waals surface area contributed by atoms with Crippen LogP contribution in [0, 0.1) is 5.92 Å². The lowest BCUT2D eigenvalue weighted by atomic mass is 10.1. The van der Waals surface area contributed by atoms with Crippen molar-refractivity contribution in [3.05, 3.63) is 0 Å². The lowest BCUT2D eigenvalue weighted by molar-refractivity contribution is -0.130. The van der Waals surface area contributed by atoms with E-state index >= 15 is 0 Å². The maximum Gasteiger partial charge on any atom is 0.222 e. The number of nitrogens with one attached hydrogen (secondary N) is 1. The zero-order valence-corrected chi connectivity index (χ0v) is 8.25. The molecule has 2 fully saturated rings. The number of nitrogens with zero attached hydrogens (tertiary/aromatic N) is 1. The molecule has 1 atom stereocenters. The highest BCUT2D eigenvalue weighted by Gasteiger charge is 2.27. The van der Waals surface area contributed by atoms with Crippen LogP contribution in [0.3, 0.4) is 0 Å². The maximum atomic E-state index is 11.6. The summed E-state index contributed by atoms with van der Waals surface area (Å²) in [6.45, 7) is 2.01. The van der Waals surface area contributed by atoms with E-state index in [1.807, 2.05) is 11.9 Å². The molecule has 1 aliphatic carbocycles. The molecule has 1 unspecified atom stereocenters. The molecule has 1 saturated carbocycles. The monoisotopic (exact) mass is 182 g/mol. The molecule has 0 radical (unpaired) electrons. The Kier molecular flexibility index (Phi) is 2.54. The minimum Gasteiger partial charge on any atom is -0.344 e. The van der Waals surface area contributed by atoms with Gasteiger partial charge in [0.25, 0.3) is 0 Å². The molecule has 1 amide bonds. The van der Waals surface area contributed by atoms with Crippen molar-refractivity contribution in [1.82, 2.24) is 10.2 Å². The minimum atomic E-state index is 0.330. The van der Waals surface area contributed by atoms with Gasteiger partial charge in [-0.15, -0.1) is 0 Å². The number of rotatable bonds is 4. The Bertz CT molecular complexity index is 197. The number of likely N-dealkylation sites (N-methyl/N-ethyl adjacent to an activating group) is 1. The summed E-state index contributed by atoms with van der Waals surface area (Å²) in [6.07, 6.45) is 4.53. The van der Waals surface area contributed by atoms with Gasteiger partial charge in [0.05, 0.1) is 0 Å². The molecule has 2 aliphatic rings. The van der Waals surface area contributed by atoms with Gasteiger partial charge in [-0.1, -0.05) is 0 Å². The normalized spacial score (nSPS) is 26.7. The molecule has 3 nitrogen and oxygen atoms in total. The Morgan fingerprint density at radius 1 is 1.46 bits per heavy atom. The summed E-state index contributed by atoms with van der Waals surface area (Å²) in [6, 6.07) is 0.563. The molecular weight excluding hydrogens is 164 g/mol. The van der Waals surface area contributed by atoms with E-state index in [1.165, 1.54) is 19.3 Å². The quantitative estimate of drug-likeness (QED) is 0.691. The van der Waals surface area contributed by atoms with Gasteiger partial charge in [0.1, 0.15) is 0 Å². The van der Waals surface area contributed by atoms with Crippen LogP contribution in [0.2, 0.25) is 0 Å². The van der Waals surface area contributed by atoms with Gasteiger partial charge >= 0.3 is 0 Å². The molecule has 0 bridgehead atoms. The number of amides is 1. The first-order chi connectivity index (χ1) is 6.25. The van der Waals surface area contributed by atoms with Crippen molar-refractivity contribution in [2.24, 2.45) is 5.92 Å². The van der Waals surface area contributed by atoms with E-state index in [-0.39, 0.29) is 0 Å². The van der Waals surface area contributed by atoms with Crippen LogP contribution in [-0.4, -0.2) is 37.0 Å². The highest BCUT2D eigenvalue weighted by molar-refractivity contribution is 5.76. The Morgan fingerprint density at radius 2 is 2.15 bits per heavy atom. The zero-order chi connectivity index (χ0) is 9.26. The molecule has 74 valence electrons. The summed E-state index contributed by atoms with van der Waals surface area (Å²) < 4.78 is 0. The van der Waals surface area contributed by atoms with Crippen molar-refractivity contribution in [1.29, 1.82) is 0 Å². The van der Waals surface area contributed by atoms with E-state index in [9.17, 15) is 4.79 Å². The molecule has 1 heterocycles. The van der Waals surface area contributed by atoms with Crippen LogP contribution in [-0.2, 0) is 4.79 Å². The van der Waals surface area contributed by atoms with E-state index in [0.717, 1.165) is 19.5 Å². The Balaban J connectivity index is 1.67. The lowest BCUT2D eigenvalue weighted by Gasteiger charge is -2.31. The third-order valence-electron chi connectivity index (χ3n) is 3.01. The summed E-state index contributed by atoms with van der Waals surface area (Å²) in [5, 5.41) is 3.31. The second kappa shape index (κ2) is 3.66. The zero-order valence-electron chi connectivity index (χ0n) is 8.25. The van der Waals surface area contributed by atoms with E-state index in [2.05, 4.69) is 5.32 Å². The molecule has 3 heteroatoms. The van der Waals surface area contributed by atoms with E-state index in [1.54, 1.807) is 0 Å². The van der Waals surface area contributed by atoms with E-state index in [4.69, 9.17) is 0 Å². The average Bonchev–Trinajstić information content (AvgIpc) is 2.79. The second-order valence-electron chi connectivity index (χ2n) is 4.36. The Hall–Kier alpha value is -0.570. The minimum absolute atomic E-state index is 0.330. The molecule has 1 N–H and O–H groups in total. The van der Waals surface area contributed by atoms with Gasteiger partial charge in [0, 0.05) is 26.1 Å². The van der Waals surface area contributed by atoms with Gasteiger partial charge < -0.3 is 10.2 Å². The van der Waals surface area contributed by atoms with Crippen LogP contribution < -0.4 is 5.32 Å². The highest BCUT2D eigenvalue weighted by Crippen LogP contribution is 2.32. The number of hydrogen-bond acceptors (Lipinski definition) is 2. The predicted octanol–water partition coefficient (Wildman–Crippen LogP) is 0.607. The third kappa shape index (κ3) is 2.44. The maximum absolute atomic E-state index is 11.6. The lowest BCUT2D eigenvalue weighted by Crippen LogP contribution is -2.50. The second-order valence-corrected chi connectivity index (χ2v) is 4.36. The third-order valence-corrected chi connectivity index (χ3v) is 3.01. The summed E-state index contributed by atoms with van der Waals surface area (Å²) >= 11 is 0. The summed E-state index contributed by atoms with van der Waals surface area (Å²) in [4.78, 5) is 13.5. The molecule has 0 spiro atoms. The number of hydrogen-bond donors (Lipinski definition) is 1. The number of carbonyl (C=O) groups excluding carboxylic acids is 1. The summed E-state index contributed by atoms with van der Waals surface area (Å²) in [5.41, 5.74) is 0. The first-order valence-corrected chi connectivity index (χ1v) is 5.23. The van der Waals surface area contributed by atoms with Gasteiger partial charge in [-0.05, 0) is 31.7 Å². The van der Waals surface area contributed by atoms with Gasteiger partial charge in [0.2, 0.25) is 5.91 Å². The van der Waals surface area contributed by atoms with Gasteiger partial charge in [0.15, 0.2) is 0 Å². The number of carbonyl (C=O) groups is 1. The fraction of sp³-hybridized carbons (Fsp3) is 0.900. The highest BCUT2D eigenvalue weighted by atomic mass is 16.2. The fourth-order valence-electron chi connectivity index (χ4n) is 1.66. The summed E-state index contributed by atoms with van der Waals surface area (Å²) in [7, 11) is 1.92. The van der Waals surface area contributed by atoms with Crippen LogP contribution in [0.1, 0.15) is 25.7 Å². The van der Waals surface area contributed by atoms with Crippen LogP contribution in [0.25, 0.3) is 0 Å². The molecule has 2 rings (SSSR count). The molecule has 0 aromatic carbocycles. The molecule has 13 heavy (non-hydrogen) atoms. The Morgan fingerprint density at radius 3 is 2.62 bits per heavy atom. The van der Waals surface area contributed by atoms with Crippen molar-refractivity contribution in [3.63, 3.8) is 0 Å². The van der Waals surface area contributed by atoms with Crippen molar-refractivity contribution < 1.29 is 4.79 Å². The summed E-state index contributed by atoms with van der Waals surface area (Å²) in [5.74, 6) is 1.04. The van der Waals surface area contributed by atoms with Crippen LogP contribution >= 0.6 is 0 Å². The molecule has 1 saturated heterocycles. The standard InChI is InChI=1S/C10H18N2O/c1-12(7-9-4-5-11-9)10(13)6-8-2-3-8/h8-9,11H,2-7H2,1H3. The SMILES string of the molecule is CN(CC1CCN1)C(=O)CC1CC1. The molecule has 0 aromatic rings. The van der Waals surface area contributed by atoms with Gasteiger partial charge in [-0.2, -0.15) is 0 Å². The van der Waals surface area contributed by atoms with Gasteiger partial charge in [-0.3, -0.25) is 4.79 Å².